The van der Waals surface area contributed by atoms with Crippen LogP contribution in [0.5, 0.6) is 0 Å². The quantitative estimate of drug-likeness (QED) is 0.0217. The Morgan fingerprint density at radius 1 is 0.775 bits per heavy atom. The van der Waals surface area contributed by atoms with Gasteiger partial charge in [-0.25, -0.2) is 9.59 Å². The number of Topliss-reactive ketones (excluding diaryl/α,β-unsaturated/α-hetero) is 1. The van der Waals surface area contributed by atoms with Crippen LogP contribution in [-0.4, -0.2) is 202 Å². The Balaban J connectivity index is 2.47. The zero-order chi connectivity index (χ0) is 78.0. The number of allylic oxidation sites excluding steroid dienone is 7. The summed E-state index contributed by atoms with van der Waals surface area (Å²) in [5.74, 6) is -10.6. The molecule has 3 amide bonds. The van der Waals surface area contributed by atoms with E-state index in [2.05, 4.69) is 22.9 Å². The number of amides is 3. The minimum Gasteiger partial charge on any atom is -0.479 e. The predicted molar refractivity (Wildman–Crippen MR) is 393 cm³/mol. The first kappa shape index (κ1) is 92.5. The van der Waals surface area contributed by atoms with Gasteiger partial charge in [0.05, 0.1) is 85.1 Å². The monoisotopic (exact) mass is 1440 g/mol. The number of hydrogen-bond donors (Lipinski definition) is 14. The van der Waals surface area contributed by atoms with E-state index in [9.17, 15) is 84.9 Å². The smallest absolute Gasteiger partial charge is 0.335 e. The minimum absolute atomic E-state index is 0.00108. The van der Waals surface area contributed by atoms with Crippen LogP contribution < -0.4 is 16.0 Å². The van der Waals surface area contributed by atoms with Gasteiger partial charge in [-0.3, -0.25) is 19.2 Å². The number of methoxy groups -OCH3 is 1. The van der Waals surface area contributed by atoms with Crippen LogP contribution in [0.1, 0.15) is 189 Å². The van der Waals surface area contributed by atoms with Crippen LogP contribution in [0.15, 0.2) is 95.7 Å². The molecule has 0 radical (unpaired) electrons. The molecule has 24 unspecified atom stereocenters. The second kappa shape index (κ2) is 43.8. The molecule has 0 aromatic carbocycles. The first-order valence-electron chi connectivity index (χ1n) is 36.6. The number of esters is 1. The highest BCUT2D eigenvalue weighted by Crippen LogP contribution is 2.35. The average Bonchev–Trinajstić information content (AvgIpc) is 0.843. The van der Waals surface area contributed by atoms with Gasteiger partial charge in [-0.05, 0) is 139 Å². The molecular weight excluding hydrogens is 1310 g/mol. The Hall–Kier alpha value is -5.54. The Kier molecular flexibility index (Phi) is 39.7. The van der Waals surface area contributed by atoms with Gasteiger partial charge in [0.1, 0.15) is 18.0 Å². The molecule has 582 valence electrons. The molecule has 0 aromatic heterocycles. The summed E-state index contributed by atoms with van der Waals surface area (Å²) in [7, 11) is 1.61. The number of aliphatic hydroxyl groups is 10. The molecule has 23 heteroatoms. The van der Waals surface area contributed by atoms with E-state index in [0.29, 0.717) is 42.4 Å². The van der Waals surface area contributed by atoms with Gasteiger partial charge in [0.25, 0.3) is 0 Å². The molecule has 0 aliphatic carbocycles. The van der Waals surface area contributed by atoms with Crippen molar-refractivity contribution in [3.8, 4) is 0 Å². The summed E-state index contributed by atoms with van der Waals surface area (Å²) < 4.78 is 18.2. The highest BCUT2D eigenvalue weighted by molar-refractivity contribution is 5.94. The molecule has 2 aliphatic heterocycles. The molecule has 0 spiro atoms. The third kappa shape index (κ3) is 29.8. The van der Waals surface area contributed by atoms with E-state index < -0.39 is 161 Å². The van der Waals surface area contributed by atoms with Gasteiger partial charge in [0.15, 0.2) is 12.1 Å². The fourth-order valence-electron chi connectivity index (χ4n) is 13.4. The predicted octanol–water partition coefficient (Wildman–Crippen LogP) is 7.38. The molecule has 2 aliphatic rings. The summed E-state index contributed by atoms with van der Waals surface area (Å²) in [6, 6.07) is -4.46. The lowest BCUT2D eigenvalue weighted by molar-refractivity contribution is -0.167. The molecule has 24 atom stereocenters. The molecule has 14 N–H and O–H groups in total. The van der Waals surface area contributed by atoms with Gasteiger partial charge in [0, 0.05) is 54.1 Å². The van der Waals surface area contributed by atoms with Crippen LogP contribution in [-0.2, 0) is 43.0 Å². The highest BCUT2D eigenvalue weighted by Gasteiger charge is 2.43. The van der Waals surface area contributed by atoms with E-state index in [4.69, 9.17) is 14.2 Å². The van der Waals surface area contributed by atoms with Crippen molar-refractivity contribution in [1.29, 1.82) is 0 Å². The summed E-state index contributed by atoms with van der Waals surface area (Å²) in [5.41, 5.74) is -0.795. The number of cyclic esters (lactones) is 1. The van der Waals surface area contributed by atoms with Crippen molar-refractivity contribution in [2.45, 2.75) is 293 Å². The number of hydrogen-bond acceptors (Lipinski definition) is 19. The van der Waals surface area contributed by atoms with Crippen molar-refractivity contribution in [2.75, 3.05) is 7.11 Å². The lowest BCUT2D eigenvalue weighted by Crippen LogP contribution is -2.57. The zero-order valence-corrected chi connectivity index (χ0v) is 64.5. The maximum absolute atomic E-state index is 14.2. The van der Waals surface area contributed by atoms with Gasteiger partial charge in [-0.1, -0.05) is 157 Å². The lowest BCUT2D eigenvalue weighted by atomic mass is 9.77. The first-order chi connectivity index (χ1) is 47.3. The minimum atomic E-state index is -2.53. The Morgan fingerprint density at radius 2 is 1.38 bits per heavy atom. The van der Waals surface area contributed by atoms with E-state index in [1.807, 2.05) is 52.0 Å². The number of aliphatic carboxylic acids is 1. The standard InChI is InChI=1S/C79H131N3O20/c1-43(2)37-57(80-64(87)35-36-78(16,17)73(94)54(14)67(88)44(3)4)74(95)79(18,19)42-50(10)69(90)46(6)31-33-58(84)52(12)75(96)82-65(55(15)83)71(92)53(13)60-34-32-47(7)68(89)48(8)40-49(9)70(91)51(11)59(85)41-56-38-45(5)39-62(101-56)61(100-20)29-27-25-23-21-22-24-26-28-30-63(86)81-66(77(99)102-60)72(93)76(97)98/h23-30,32,35-36,40,42-46,48,51-62,65-72,74,83-85,88-93,95H,21-22,31,33-34,37-39,41H2,1-20H3,(H,80,87)(H,81,86)(H,82,96)(H,97,98). The van der Waals surface area contributed by atoms with Crippen molar-refractivity contribution in [2.24, 2.45) is 64.1 Å². The van der Waals surface area contributed by atoms with E-state index in [0.717, 1.165) is 12.5 Å². The highest BCUT2D eigenvalue weighted by atomic mass is 16.6. The molecule has 102 heavy (non-hydrogen) atoms. The SMILES string of the molecule is COC1C=CC=CCCC=CC=CC(=O)NC(C(O)C(=O)O)C(=O)OC(C(C)C(O)C(NC(=O)C(C)C(O)CCC(C)C(O)C(C)=CC(C)(C)C(O)C(CC(C)C)NC(=O)C=CC(C)(C)C(=O)C(C)C(O)C(C)C)C(C)O)CC=C(C)C(O)C(C)C=C(C)C(O)C(C)C(O)CC2CC(C)CC1O2. The van der Waals surface area contributed by atoms with Crippen LogP contribution in [0.3, 0.4) is 0 Å². The largest absolute Gasteiger partial charge is 0.479 e. The van der Waals surface area contributed by atoms with Gasteiger partial charge in [-0.2, -0.15) is 0 Å². The van der Waals surface area contributed by atoms with Crippen LogP contribution in [0.2, 0.25) is 0 Å². The Bertz CT molecular complexity index is 2890. The van der Waals surface area contributed by atoms with E-state index >= 15 is 0 Å². The summed E-state index contributed by atoms with van der Waals surface area (Å²) in [6.45, 7) is 32.5. The molecule has 0 aromatic rings. The molecule has 2 heterocycles. The zero-order valence-electron chi connectivity index (χ0n) is 64.5. The van der Waals surface area contributed by atoms with Gasteiger partial charge in [0.2, 0.25) is 17.7 Å². The molecule has 1 saturated heterocycles. The van der Waals surface area contributed by atoms with Crippen molar-refractivity contribution >= 4 is 35.4 Å². The maximum Gasteiger partial charge on any atom is 0.335 e. The fourth-order valence-corrected chi connectivity index (χ4v) is 13.4. The van der Waals surface area contributed by atoms with Crippen LogP contribution >= 0.6 is 0 Å². The molecule has 2 bridgehead atoms. The number of nitrogens with one attached hydrogen (secondary N) is 3. The average molecular weight is 1440 g/mol. The van der Waals surface area contributed by atoms with E-state index in [1.54, 1.807) is 108 Å². The number of aliphatic hydroxyl groups excluding tert-OH is 10. The van der Waals surface area contributed by atoms with Crippen molar-refractivity contribution < 1.29 is 99.1 Å². The number of rotatable bonds is 27. The lowest BCUT2D eigenvalue weighted by Gasteiger charge is -2.38. The van der Waals surface area contributed by atoms with Crippen molar-refractivity contribution in [3.05, 3.63) is 95.7 Å². The normalized spacial score (nSPS) is 28.1. The third-order valence-corrected chi connectivity index (χ3v) is 20.4. The topological polar surface area (TPSA) is 389 Å². The van der Waals surface area contributed by atoms with E-state index in [-0.39, 0.29) is 67.5 Å². The molecule has 23 nitrogen and oxygen atoms in total. The fraction of sp³-hybridized carbons (Fsp3) is 0.722. The summed E-state index contributed by atoms with van der Waals surface area (Å²) in [5, 5.41) is 132. The number of fused-ring (bicyclic) bond motifs is 2. The second-order valence-electron chi connectivity index (χ2n) is 31.3. The van der Waals surface area contributed by atoms with Crippen LogP contribution in [0.4, 0.5) is 0 Å². The molecule has 0 saturated carbocycles. The molecule has 2 rings (SSSR count). The maximum atomic E-state index is 14.2. The summed E-state index contributed by atoms with van der Waals surface area (Å²) in [4.78, 5) is 80.6. The number of carbonyl (C=O) groups is 6. The molecular formula is C79H131N3O20. The van der Waals surface area contributed by atoms with Gasteiger partial charge >= 0.3 is 11.9 Å². The number of ketones is 1. The Morgan fingerprint density at radius 3 is 1.95 bits per heavy atom. The van der Waals surface area contributed by atoms with E-state index in [1.165, 1.54) is 45.1 Å². The van der Waals surface area contributed by atoms with Crippen molar-refractivity contribution in [3.63, 3.8) is 0 Å². The number of carboxylic acids is 1. The molecule has 1 fully saturated rings. The summed E-state index contributed by atoms with van der Waals surface area (Å²) >= 11 is 0. The number of carboxylic acid groups (broad SMARTS) is 1. The first-order valence-corrected chi connectivity index (χ1v) is 36.6. The second-order valence-corrected chi connectivity index (χ2v) is 31.3. The van der Waals surface area contributed by atoms with Crippen LogP contribution in [0.25, 0.3) is 0 Å². The number of carbonyl (C=O) groups excluding carboxylic acids is 5. The van der Waals surface area contributed by atoms with Crippen molar-refractivity contribution in [1.82, 2.24) is 16.0 Å². The Labute approximate surface area is 607 Å². The van der Waals surface area contributed by atoms with Gasteiger partial charge < -0.3 is 86.3 Å². The van der Waals surface area contributed by atoms with Crippen LogP contribution in [0, 0.1) is 64.1 Å². The summed E-state index contributed by atoms with van der Waals surface area (Å²) in [6.07, 6.45) is 8.19. The third-order valence-electron chi connectivity index (χ3n) is 20.4. The number of ether oxygens (including phenoxy) is 3. The van der Waals surface area contributed by atoms with Gasteiger partial charge in [-0.15, -0.1) is 0 Å².